The van der Waals surface area contributed by atoms with Gasteiger partial charge in [0.25, 0.3) is 5.91 Å². The first-order chi connectivity index (χ1) is 17.8. The van der Waals surface area contributed by atoms with E-state index in [-0.39, 0.29) is 29.5 Å². The molecule has 194 valence electrons. The molecule has 1 heterocycles. The van der Waals surface area contributed by atoms with E-state index >= 15 is 4.39 Å². The maximum absolute atomic E-state index is 15.0. The molecule has 9 heteroatoms. The third-order valence-electron chi connectivity index (χ3n) is 6.63. The predicted octanol–water partition coefficient (Wildman–Crippen LogP) is 4.09. The van der Waals surface area contributed by atoms with Crippen molar-refractivity contribution in [2.45, 2.75) is 18.5 Å². The summed E-state index contributed by atoms with van der Waals surface area (Å²) in [7, 11) is 7.59. The Balaban J connectivity index is 1.79. The molecule has 0 spiro atoms. The number of hydrogen-bond acceptors (Lipinski definition) is 6. The van der Waals surface area contributed by atoms with Crippen molar-refractivity contribution in [3.8, 4) is 23.0 Å². The van der Waals surface area contributed by atoms with Gasteiger partial charge in [-0.3, -0.25) is 9.59 Å². The number of methoxy groups -OCH3 is 4. The Morgan fingerprint density at radius 3 is 2.22 bits per heavy atom. The number of rotatable bonds is 8. The number of ether oxygens (including phenoxy) is 4. The van der Waals surface area contributed by atoms with Crippen LogP contribution in [0, 0.1) is 5.82 Å². The van der Waals surface area contributed by atoms with Crippen LogP contribution in [-0.4, -0.2) is 52.2 Å². The van der Waals surface area contributed by atoms with Gasteiger partial charge in [-0.1, -0.05) is 18.2 Å². The number of halogens is 1. The van der Waals surface area contributed by atoms with Crippen LogP contribution in [0.15, 0.2) is 54.6 Å². The smallest absolute Gasteiger partial charge is 0.254 e. The molecule has 2 atom stereocenters. The number of likely N-dealkylation sites (N-methyl/N-ethyl adjacent to an activating group) is 1. The summed E-state index contributed by atoms with van der Waals surface area (Å²) in [4.78, 5) is 28.7. The maximum Gasteiger partial charge on any atom is 0.254 e. The highest BCUT2D eigenvalue weighted by Crippen LogP contribution is 2.46. The largest absolute Gasteiger partial charge is 0.497 e. The van der Waals surface area contributed by atoms with Crippen LogP contribution in [-0.2, 0) is 11.3 Å². The first-order valence-corrected chi connectivity index (χ1v) is 11.6. The Labute approximate surface area is 214 Å². The van der Waals surface area contributed by atoms with Gasteiger partial charge < -0.3 is 29.2 Å². The van der Waals surface area contributed by atoms with Crippen molar-refractivity contribution < 1.29 is 32.9 Å². The number of nitrogens with zero attached hydrogens (tertiary/aromatic N) is 1. The zero-order valence-corrected chi connectivity index (χ0v) is 21.3. The zero-order chi connectivity index (χ0) is 26.7. The molecule has 0 saturated carbocycles. The van der Waals surface area contributed by atoms with Gasteiger partial charge in [0, 0.05) is 36.3 Å². The van der Waals surface area contributed by atoms with Crippen molar-refractivity contribution in [2.24, 2.45) is 0 Å². The quantitative estimate of drug-likeness (QED) is 0.494. The summed E-state index contributed by atoms with van der Waals surface area (Å²) >= 11 is 0. The fraction of sp³-hybridized carbons (Fsp3) is 0.286. The van der Waals surface area contributed by atoms with Crippen molar-refractivity contribution in [1.29, 1.82) is 0 Å². The molecule has 37 heavy (non-hydrogen) atoms. The van der Waals surface area contributed by atoms with Crippen molar-refractivity contribution in [2.75, 3.05) is 35.5 Å². The molecular weight excluding hydrogens is 479 g/mol. The first-order valence-electron chi connectivity index (χ1n) is 11.6. The average Bonchev–Trinajstić information content (AvgIpc) is 2.93. The molecule has 0 unspecified atom stereocenters. The number of carbonyl (C=O) groups is 2. The van der Waals surface area contributed by atoms with E-state index in [1.165, 1.54) is 32.3 Å². The van der Waals surface area contributed by atoms with Crippen LogP contribution in [0.1, 0.15) is 39.0 Å². The summed E-state index contributed by atoms with van der Waals surface area (Å²) in [5.41, 5.74) is 1.68. The second-order valence-electron chi connectivity index (χ2n) is 8.55. The van der Waals surface area contributed by atoms with Crippen molar-refractivity contribution in [1.82, 2.24) is 10.2 Å². The molecule has 0 bridgehead atoms. The van der Waals surface area contributed by atoms with E-state index in [0.29, 0.717) is 28.6 Å². The standard InChI is InChI=1S/C28H29FN2O6/c1-31-26(18-8-6-7-9-21(18)29)25(19-13-23(36-4)24(37-5)14-20(19)28(31)33)27(32)30-15-16-10-11-17(34-2)12-22(16)35-3/h6-14,25-26H,15H2,1-5H3,(H,30,32)/t25-,26-/m0/s1. The van der Waals surface area contributed by atoms with Crippen LogP contribution in [0.5, 0.6) is 23.0 Å². The van der Waals surface area contributed by atoms with Crippen LogP contribution >= 0.6 is 0 Å². The van der Waals surface area contributed by atoms with Gasteiger partial charge in [0.2, 0.25) is 5.91 Å². The van der Waals surface area contributed by atoms with Gasteiger partial charge in [-0.15, -0.1) is 0 Å². The molecule has 0 saturated heterocycles. The Morgan fingerprint density at radius 1 is 0.892 bits per heavy atom. The Morgan fingerprint density at radius 2 is 1.57 bits per heavy atom. The molecule has 3 aromatic carbocycles. The van der Waals surface area contributed by atoms with Gasteiger partial charge in [0.05, 0.1) is 40.4 Å². The lowest BCUT2D eigenvalue weighted by molar-refractivity contribution is -0.124. The summed E-state index contributed by atoms with van der Waals surface area (Å²) < 4.78 is 36.6. The Kier molecular flexibility index (Phi) is 7.52. The number of fused-ring (bicyclic) bond motifs is 1. The average molecular weight is 509 g/mol. The van der Waals surface area contributed by atoms with Crippen molar-refractivity contribution in [3.63, 3.8) is 0 Å². The summed E-state index contributed by atoms with van der Waals surface area (Å²) in [6, 6.07) is 13.7. The zero-order valence-electron chi connectivity index (χ0n) is 21.3. The van der Waals surface area contributed by atoms with Gasteiger partial charge in [0.15, 0.2) is 11.5 Å². The molecule has 1 aliphatic rings. The molecule has 0 fully saturated rings. The lowest BCUT2D eigenvalue weighted by Gasteiger charge is -2.40. The lowest BCUT2D eigenvalue weighted by Crippen LogP contribution is -2.45. The van der Waals surface area contributed by atoms with E-state index in [9.17, 15) is 9.59 Å². The molecule has 0 aliphatic carbocycles. The maximum atomic E-state index is 15.0. The highest BCUT2D eigenvalue weighted by molar-refractivity contribution is 6.02. The lowest BCUT2D eigenvalue weighted by atomic mass is 9.79. The summed E-state index contributed by atoms with van der Waals surface area (Å²) in [5.74, 6) is -0.301. The number of carbonyl (C=O) groups excluding carboxylic acids is 2. The van der Waals surface area contributed by atoms with Crippen molar-refractivity contribution in [3.05, 3.63) is 82.7 Å². The first kappa shape index (κ1) is 25.8. The molecule has 8 nitrogen and oxygen atoms in total. The van der Waals surface area contributed by atoms with Gasteiger partial charge >= 0.3 is 0 Å². The van der Waals surface area contributed by atoms with Crippen LogP contribution in [0.2, 0.25) is 0 Å². The normalized spacial score (nSPS) is 16.6. The van der Waals surface area contributed by atoms with Gasteiger partial charge in [0.1, 0.15) is 17.3 Å². The van der Waals surface area contributed by atoms with Crippen LogP contribution in [0.3, 0.4) is 0 Å². The monoisotopic (exact) mass is 508 g/mol. The summed E-state index contributed by atoms with van der Waals surface area (Å²) in [6.45, 7) is 0.146. The molecule has 0 aromatic heterocycles. The molecular formula is C28H29FN2O6. The van der Waals surface area contributed by atoms with E-state index in [1.807, 2.05) is 0 Å². The van der Waals surface area contributed by atoms with E-state index < -0.39 is 17.8 Å². The van der Waals surface area contributed by atoms with E-state index in [4.69, 9.17) is 18.9 Å². The Bertz CT molecular complexity index is 1330. The highest BCUT2D eigenvalue weighted by Gasteiger charge is 2.44. The highest BCUT2D eigenvalue weighted by atomic mass is 19.1. The van der Waals surface area contributed by atoms with E-state index in [2.05, 4.69) is 5.32 Å². The summed E-state index contributed by atoms with van der Waals surface area (Å²) in [5, 5.41) is 2.95. The molecule has 1 aliphatic heterocycles. The van der Waals surface area contributed by atoms with E-state index in [1.54, 1.807) is 62.7 Å². The van der Waals surface area contributed by atoms with Gasteiger partial charge in [-0.05, 0) is 35.9 Å². The minimum atomic E-state index is -0.932. The molecule has 4 rings (SSSR count). The second-order valence-corrected chi connectivity index (χ2v) is 8.55. The topological polar surface area (TPSA) is 86.3 Å². The number of hydrogen-bond donors (Lipinski definition) is 1. The molecule has 3 aromatic rings. The van der Waals surface area contributed by atoms with Crippen LogP contribution in [0.25, 0.3) is 0 Å². The van der Waals surface area contributed by atoms with E-state index in [0.717, 1.165) is 5.56 Å². The molecule has 0 radical (unpaired) electrons. The second kappa shape index (κ2) is 10.8. The number of benzene rings is 3. The van der Waals surface area contributed by atoms with Crippen LogP contribution in [0.4, 0.5) is 4.39 Å². The van der Waals surface area contributed by atoms with Crippen LogP contribution < -0.4 is 24.3 Å². The minimum Gasteiger partial charge on any atom is -0.497 e. The van der Waals surface area contributed by atoms with Gasteiger partial charge in [-0.25, -0.2) is 4.39 Å². The summed E-state index contributed by atoms with van der Waals surface area (Å²) in [6.07, 6.45) is 0. The third kappa shape index (κ3) is 4.76. The number of amides is 2. The predicted molar refractivity (Wildman–Crippen MR) is 135 cm³/mol. The SMILES string of the molecule is COc1ccc(CNC(=O)[C@H]2c3cc(OC)c(OC)cc3C(=O)N(C)[C@H]2c2ccccc2F)c(OC)c1. The molecule has 2 amide bonds. The fourth-order valence-electron chi connectivity index (χ4n) is 4.73. The Hall–Kier alpha value is -4.27. The molecule has 1 N–H and O–H groups in total. The van der Waals surface area contributed by atoms with Crippen molar-refractivity contribution >= 4 is 11.8 Å². The minimum absolute atomic E-state index is 0.146. The fourth-order valence-corrected chi connectivity index (χ4v) is 4.73. The third-order valence-corrected chi connectivity index (χ3v) is 6.63. The van der Waals surface area contributed by atoms with Gasteiger partial charge in [-0.2, -0.15) is 0 Å². The number of nitrogens with one attached hydrogen (secondary N) is 1.